The van der Waals surface area contributed by atoms with E-state index in [-0.39, 0.29) is 11.9 Å². The Hall–Kier alpha value is -2.29. The second-order valence-electron chi connectivity index (χ2n) is 4.27. The zero-order chi connectivity index (χ0) is 14.3. The summed E-state index contributed by atoms with van der Waals surface area (Å²) in [6.45, 7) is 3.72. The molecule has 1 amide bonds. The van der Waals surface area contributed by atoms with E-state index in [4.69, 9.17) is 0 Å². The Balaban J connectivity index is 2.11. The van der Waals surface area contributed by atoms with Crippen LogP contribution in [-0.4, -0.2) is 35.9 Å². The molecule has 0 aromatic carbocycles. The summed E-state index contributed by atoms with van der Waals surface area (Å²) in [6.07, 6.45) is 1.80. The maximum Gasteiger partial charge on any atom is 0.277 e. The molecule has 0 aliphatic rings. The van der Waals surface area contributed by atoms with Gasteiger partial charge in [0.2, 0.25) is 0 Å². The number of tetrazole rings is 1. The third-order valence-corrected chi connectivity index (χ3v) is 3.26. The molecule has 0 spiro atoms. The van der Waals surface area contributed by atoms with Gasteiger partial charge in [-0.05, 0) is 46.6 Å². The molecular weight excluding hydrogens is 326 g/mol. The first-order valence-electron chi connectivity index (χ1n) is 5.76. The molecule has 0 radical (unpaired) electrons. The van der Waals surface area contributed by atoms with Gasteiger partial charge < -0.3 is 0 Å². The molecule has 3 aromatic rings. The van der Waals surface area contributed by atoms with E-state index < -0.39 is 0 Å². The van der Waals surface area contributed by atoms with Gasteiger partial charge in [0, 0.05) is 10.7 Å². The molecule has 2 N–H and O–H groups in total. The van der Waals surface area contributed by atoms with Crippen LogP contribution in [0.4, 0.5) is 5.95 Å². The summed E-state index contributed by atoms with van der Waals surface area (Å²) in [6, 6.07) is 1.95. The number of anilines is 1. The van der Waals surface area contributed by atoms with Crippen LogP contribution in [0.1, 0.15) is 21.7 Å². The summed E-state index contributed by atoms with van der Waals surface area (Å²) in [5, 5.41) is 15.6. The number of amides is 1. The van der Waals surface area contributed by atoms with Crippen molar-refractivity contribution in [1.82, 2.24) is 30.0 Å². The summed E-state index contributed by atoms with van der Waals surface area (Å²) in [5.41, 5.74) is 2.78. The molecule has 0 bridgehead atoms. The van der Waals surface area contributed by atoms with Gasteiger partial charge in [-0.3, -0.25) is 14.5 Å². The second-order valence-corrected chi connectivity index (χ2v) is 5.19. The lowest BCUT2D eigenvalue weighted by atomic mass is 10.3. The average molecular weight is 336 g/mol. The Morgan fingerprint density at radius 3 is 2.95 bits per heavy atom. The molecule has 102 valence electrons. The van der Waals surface area contributed by atoms with Crippen molar-refractivity contribution >= 4 is 33.4 Å². The SMILES string of the molecule is Cc1nc2c(C)cc(Br)cn2c1C(=O)Nc1nn[nH]n1. The molecule has 8 nitrogen and oxygen atoms in total. The van der Waals surface area contributed by atoms with Crippen LogP contribution in [0.25, 0.3) is 5.65 Å². The predicted octanol–water partition coefficient (Wildman–Crippen LogP) is 1.48. The van der Waals surface area contributed by atoms with Gasteiger partial charge in [-0.2, -0.15) is 5.21 Å². The van der Waals surface area contributed by atoms with Gasteiger partial charge in [0.25, 0.3) is 11.9 Å². The molecule has 3 aromatic heterocycles. The molecule has 3 rings (SSSR count). The average Bonchev–Trinajstić information content (AvgIpc) is 2.96. The minimum Gasteiger partial charge on any atom is -0.294 e. The number of carbonyl (C=O) groups excluding carboxylic acids is 1. The standard InChI is InChI=1S/C11H10BrN7O/c1-5-3-7(12)4-19-8(6(2)13-9(5)19)10(20)14-11-15-17-18-16-11/h3-4H,1-2H3,(H2,14,15,16,17,18,20). The van der Waals surface area contributed by atoms with Crippen LogP contribution >= 0.6 is 15.9 Å². The summed E-state index contributed by atoms with van der Waals surface area (Å²) in [5.74, 6) is -0.218. The van der Waals surface area contributed by atoms with E-state index in [1.54, 1.807) is 17.5 Å². The van der Waals surface area contributed by atoms with E-state index in [2.05, 4.69) is 46.9 Å². The third-order valence-electron chi connectivity index (χ3n) is 2.83. The van der Waals surface area contributed by atoms with Crippen molar-refractivity contribution in [3.63, 3.8) is 0 Å². The Bertz CT molecular complexity index is 793. The Labute approximate surface area is 121 Å². The first-order chi connectivity index (χ1) is 9.56. The van der Waals surface area contributed by atoms with Gasteiger partial charge >= 0.3 is 0 Å². The van der Waals surface area contributed by atoms with Crippen molar-refractivity contribution in [1.29, 1.82) is 0 Å². The molecule has 0 saturated heterocycles. The fourth-order valence-electron chi connectivity index (χ4n) is 2.03. The first-order valence-corrected chi connectivity index (χ1v) is 6.55. The van der Waals surface area contributed by atoms with Crippen LogP contribution in [0.15, 0.2) is 16.7 Å². The van der Waals surface area contributed by atoms with Crippen molar-refractivity contribution in [2.24, 2.45) is 0 Å². The summed E-state index contributed by atoms with van der Waals surface area (Å²) >= 11 is 3.42. The van der Waals surface area contributed by atoms with E-state index in [9.17, 15) is 4.79 Å². The van der Waals surface area contributed by atoms with Gasteiger partial charge in [0.15, 0.2) is 0 Å². The summed E-state index contributed by atoms with van der Waals surface area (Å²) < 4.78 is 2.61. The van der Waals surface area contributed by atoms with Crippen LogP contribution in [0.3, 0.4) is 0 Å². The lowest BCUT2D eigenvalue weighted by Gasteiger charge is -2.04. The van der Waals surface area contributed by atoms with Crippen LogP contribution in [0.5, 0.6) is 0 Å². The monoisotopic (exact) mass is 335 g/mol. The molecule has 0 saturated carbocycles. The van der Waals surface area contributed by atoms with Gasteiger partial charge in [-0.25, -0.2) is 4.98 Å². The van der Waals surface area contributed by atoms with Crippen molar-refractivity contribution < 1.29 is 4.79 Å². The van der Waals surface area contributed by atoms with Crippen molar-refractivity contribution in [2.75, 3.05) is 5.32 Å². The number of imidazole rings is 1. The highest BCUT2D eigenvalue weighted by molar-refractivity contribution is 9.10. The molecule has 0 atom stereocenters. The number of nitrogens with one attached hydrogen (secondary N) is 2. The fourth-order valence-corrected chi connectivity index (χ4v) is 2.58. The predicted molar refractivity (Wildman–Crippen MR) is 74.5 cm³/mol. The molecule has 0 unspecified atom stereocenters. The highest BCUT2D eigenvalue weighted by Crippen LogP contribution is 2.20. The number of fused-ring (bicyclic) bond motifs is 1. The quantitative estimate of drug-likeness (QED) is 0.738. The van der Waals surface area contributed by atoms with Crippen molar-refractivity contribution in [2.45, 2.75) is 13.8 Å². The van der Waals surface area contributed by atoms with Crippen molar-refractivity contribution in [3.05, 3.63) is 33.7 Å². The number of rotatable bonds is 2. The Morgan fingerprint density at radius 1 is 1.45 bits per heavy atom. The number of hydrogen-bond acceptors (Lipinski definition) is 5. The molecule has 3 heterocycles. The Kier molecular flexibility index (Phi) is 2.97. The number of pyridine rings is 1. The van der Waals surface area contributed by atoms with E-state index >= 15 is 0 Å². The molecule has 0 aliphatic carbocycles. The van der Waals surface area contributed by atoms with Gasteiger partial charge in [-0.15, -0.1) is 5.10 Å². The van der Waals surface area contributed by atoms with Crippen LogP contribution in [0, 0.1) is 13.8 Å². The van der Waals surface area contributed by atoms with E-state index in [1.165, 1.54) is 0 Å². The number of halogens is 1. The largest absolute Gasteiger partial charge is 0.294 e. The maximum atomic E-state index is 12.3. The van der Waals surface area contributed by atoms with E-state index in [0.29, 0.717) is 11.4 Å². The second kappa shape index (κ2) is 4.67. The molecular formula is C11H10BrN7O. The van der Waals surface area contributed by atoms with E-state index in [1.807, 2.05) is 13.0 Å². The first kappa shape index (κ1) is 12.7. The molecule has 20 heavy (non-hydrogen) atoms. The lowest BCUT2D eigenvalue weighted by molar-refractivity contribution is 0.102. The zero-order valence-corrected chi connectivity index (χ0v) is 12.3. The fraction of sp³-hybridized carbons (Fsp3) is 0.182. The molecule has 9 heteroatoms. The summed E-state index contributed by atoms with van der Waals surface area (Å²) in [7, 11) is 0. The number of H-pyrrole nitrogens is 1. The number of hydrogen-bond donors (Lipinski definition) is 2. The van der Waals surface area contributed by atoms with E-state index in [0.717, 1.165) is 15.7 Å². The number of aromatic nitrogens is 6. The molecule has 0 fully saturated rings. The number of aromatic amines is 1. The van der Waals surface area contributed by atoms with Gasteiger partial charge in [0.05, 0.1) is 5.69 Å². The minimum atomic E-state index is -0.339. The lowest BCUT2D eigenvalue weighted by Crippen LogP contribution is -2.16. The van der Waals surface area contributed by atoms with Crippen LogP contribution in [-0.2, 0) is 0 Å². The molecule has 0 aliphatic heterocycles. The number of aryl methyl sites for hydroxylation is 2. The number of nitrogens with zero attached hydrogens (tertiary/aromatic N) is 5. The highest BCUT2D eigenvalue weighted by atomic mass is 79.9. The zero-order valence-electron chi connectivity index (χ0n) is 10.7. The van der Waals surface area contributed by atoms with Crippen molar-refractivity contribution in [3.8, 4) is 0 Å². The minimum absolute atomic E-state index is 0.121. The highest BCUT2D eigenvalue weighted by Gasteiger charge is 2.19. The van der Waals surface area contributed by atoms with Crippen LogP contribution in [0.2, 0.25) is 0 Å². The normalized spacial score (nSPS) is 10.9. The summed E-state index contributed by atoms with van der Waals surface area (Å²) in [4.78, 5) is 16.7. The topological polar surface area (TPSA) is 101 Å². The Morgan fingerprint density at radius 2 is 2.25 bits per heavy atom. The van der Waals surface area contributed by atoms with Crippen LogP contribution < -0.4 is 5.32 Å². The smallest absolute Gasteiger partial charge is 0.277 e. The third kappa shape index (κ3) is 2.05. The van der Waals surface area contributed by atoms with Gasteiger partial charge in [0.1, 0.15) is 11.3 Å². The van der Waals surface area contributed by atoms with Gasteiger partial charge in [-0.1, -0.05) is 5.10 Å². The maximum absolute atomic E-state index is 12.3. The number of carbonyl (C=O) groups is 1.